The molecule has 0 radical (unpaired) electrons. The van der Waals surface area contributed by atoms with Crippen LogP contribution in [0.15, 0.2) is 108 Å². The van der Waals surface area contributed by atoms with Crippen molar-refractivity contribution >= 4 is 28.4 Å². The Hall–Kier alpha value is -5.16. The van der Waals surface area contributed by atoms with Crippen LogP contribution in [-0.2, 0) is 11.2 Å². The Morgan fingerprint density at radius 2 is 1.59 bits per heavy atom. The minimum Gasteiger partial charge on any atom is -0.506 e. The topological polar surface area (TPSA) is 130 Å². The average molecular weight is 730 g/mol. The first-order chi connectivity index (χ1) is 26.4. The van der Waals surface area contributed by atoms with Crippen LogP contribution in [-0.4, -0.2) is 78.1 Å². The zero-order valence-corrected chi connectivity index (χ0v) is 30.8. The van der Waals surface area contributed by atoms with Crippen molar-refractivity contribution in [1.82, 2.24) is 15.2 Å². The third kappa shape index (κ3) is 9.49. The number of amides is 1. The molecule has 54 heavy (non-hydrogen) atoms. The molecule has 282 valence electrons. The van der Waals surface area contributed by atoms with Gasteiger partial charge in [0.25, 0.3) is 0 Å². The standard InChI is InChI=1S/C44H51N5O5/c50-40-16-14-37(38-15-17-42(52)47-43(38)40)41(51)30-45-24-18-31-10-12-34(13-11-31)49-28-20-32(21-29-49)19-25-48-26-22-35(23-27-48)54-44(53)46-39-9-5-4-8-36(39)33-6-2-1-3-7-33/h1-17,32,35,41,45,50-51H,18-30H2,(H,46,53)(H,47,52)/t41-/m0/s1. The van der Waals surface area contributed by atoms with E-state index in [-0.39, 0.29) is 23.5 Å². The van der Waals surface area contributed by atoms with E-state index in [1.165, 1.54) is 42.6 Å². The summed E-state index contributed by atoms with van der Waals surface area (Å²) >= 11 is 0. The summed E-state index contributed by atoms with van der Waals surface area (Å²) in [4.78, 5) is 32.2. The molecule has 10 heteroatoms. The maximum Gasteiger partial charge on any atom is 0.411 e. The fourth-order valence-corrected chi connectivity index (χ4v) is 7.85. The van der Waals surface area contributed by atoms with E-state index >= 15 is 0 Å². The molecule has 2 saturated heterocycles. The van der Waals surface area contributed by atoms with Crippen molar-refractivity contribution in [3.63, 3.8) is 0 Å². The normalized spacial score (nSPS) is 16.4. The van der Waals surface area contributed by atoms with Gasteiger partial charge in [0.05, 0.1) is 17.3 Å². The summed E-state index contributed by atoms with van der Waals surface area (Å²) in [5.74, 6) is 0.717. The van der Waals surface area contributed by atoms with Gasteiger partial charge in [-0.3, -0.25) is 10.1 Å². The van der Waals surface area contributed by atoms with Gasteiger partial charge in [0.15, 0.2) is 0 Å². The van der Waals surface area contributed by atoms with Crippen LogP contribution in [0.4, 0.5) is 16.2 Å². The van der Waals surface area contributed by atoms with Crippen molar-refractivity contribution in [3.05, 3.63) is 125 Å². The molecule has 0 aliphatic carbocycles. The molecule has 2 fully saturated rings. The smallest absolute Gasteiger partial charge is 0.411 e. The molecule has 7 rings (SSSR count). The summed E-state index contributed by atoms with van der Waals surface area (Å²) in [7, 11) is 0. The van der Waals surface area contributed by atoms with Gasteiger partial charge in [-0.2, -0.15) is 0 Å². The largest absolute Gasteiger partial charge is 0.506 e. The molecule has 0 bridgehead atoms. The highest BCUT2D eigenvalue weighted by Crippen LogP contribution is 2.30. The van der Waals surface area contributed by atoms with Gasteiger partial charge in [-0.05, 0) is 105 Å². The summed E-state index contributed by atoms with van der Waals surface area (Å²) in [6.07, 6.45) is 4.96. The average Bonchev–Trinajstić information content (AvgIpc) is 3.20. The number of H-pyrrole nitrogens is 1. The number of carbonyl (C=O) groups excluding carboxylic acids is 1. The van der Waals surface area contributed by atoms with E-state index in [1.807, 2.05) is 54.6 Å². The molecular formula is C44H51N5O5. The van der Waals surface area contributed by atoms with Crippen molar-refractivity contribution in [3.8, 4) is 16.9 Å². The number of aliphatic hydroxyl groups excluding tert-OH is 1. The highest BCUT2D eigenvalue weighted by Gasteiger charge is 2.25. The van der Waals surface area contributed by atoms with Gasteiger partial charge in [-0.1, -0.05) is 66.7 Å². The Labute approximate surface area is 316 Å². The third-order valence-corrected chi connectivity index (χ3v) is 11.0. The second kappa shape index (κ2) is 17.8. The van der Waals surface area contributed by atoms with Crippen LogP contribution < -0.4 is 21.1 Å². The third-order valence-electron chi connectivity index (χ3n) is 11.0. The van der Waals surface area contributed by atoms with Crippen molar-refractivity contribution < 1.29 is 19.7 Å². The van der Waals surface area contributed by atoms with Gasteiger partial charge in [0.1, 0.15) is 11.9 Å². The highest BCUT2D eigenvalue weighted by molar-refractivity contribution is 5.91. The molecule has 4 aromatic carbocycles. The van der Waals surface area contributed by atoms with Crippen LogP contribution in [0.1, 0.15) is 49.3 Å². The van der Waals surface area contributed by atoms with Crippen LogP contribution in [0.3, 0.4) is 0 Å². The van der Waals surface area contributed by atoms with Gasteiger partial charge < -0.3 is 35.1 Å². The van der Waals surface area contributed by atoms with Gasteiger partial charge in [0.2, 0.25) is 5.56 Å². The number of aromatic amines is 1. The Morgan fingerprint density at radius 3 is 2.37 bits per heavy atom. The molecule has 1 atom stereocenters. The first-order valence-corrected chi connectivity index (χ1v) is 19.3. The fraction of sp³-hybridized carbons (Fsp3) is 0.364. The summed E-state index contributed by atoms with van der Waals surface area (Å²) in [5.41, 5.74) is 6.02. The first-order valence-electron chi connectivity index (χ1n) is 19.3. The Bertz CT molecular complexity index is 2040. The minimum atomic E-state index is -0.772. The molecule has 5 aromatic rings. The molecule has 5 N–H and O–H groups in total. The number of aromatic nitrogens is 1. The molecule has 0 unspecified atom stereocenters. The summed E-state index contributed by atoms with van der Waals surface area (Å²) in [5, 5.41) is 27.9. The van der Waals surface area contributed by atoms with Crippen molar-refractivity contribution in [2.75, 3.05) is 56.0 Å². The van der Waals surface area contributed by atoms with E-state index in [2.05, 4.69) is 49.7 Å². The number of ether oxygens (including phenoxy) is 1. The van der Waals surface area contributed by atoms with Crippen molar-refractivity contribution in [1.29, 1.82) is 0 Å². The molecule has 10 nitrogen and oxygen atoms in total. The number of nitrogens with zero attached hydrogens (tertiary/aromatic N) is 2. The SMILES string of the molecule is O=C(Nc1ccccc1-c1ccccc1)OC1CCN(CCC2CCN(c3ccc(CCNC[C@H](O)c4ccc(O)c5[nH]c(=O)ccc45)cc3)CC2)CC1. The Morgan fingerprint density at radius 1 is 0.852 bits per heavy atom. The highest BCUT2D eigenvalue weighted by atomic mass is 16.6. The zero-order chi connectivity index (χ0) is 37.3. The quantitative estimate of drug-likeness (QED) is 0.0814. The molecule has 0 saturated carbocycles. The van der Waals surface area contributed by atoms with E-state index in [4.69, 9.17) is 4.74 Å². The number of aromatic hydroxyl groups is 1. The number of hydrogen-bond donors (Lipinski definition) is 5. The van der Waals surface area contributed by atoms with Crippen LogP contribution in [0.5, 0.6) is 5.75 Å². The Balaban J connectivity index is 0.774. The molecule has 1 aromatic heterocycles. The Kier molecular flexibility index (Phi) is 12.2. The molecule has 0 spiro atoms. The molecule has 3 heterocycles. The van der Waals surface area contributed by atoms with Gasteiger partial charge >= 0.3 is 6.09 Å². The lowest BCUT2D eigenvalue weighted by atomic mass is 9.92. The number of benzene rings is 4. The van der Waals surface area contributed by atoms with E-state index < -0.39 is 6.10 Å². The van der Waals surface area contributed by atoms with E-state index in [1.54, 1.807) is 12.1 Å². The number of fused-ring (bicyclic) bond motifs is 1. The van der Waals surface area contributed by atoms with Gasteiger partial charge in [-0.25, -0.2) is 4.79 Å². The van der Waals surface area contributed by atoms with Crippen molar-refractivity contribution in [2.24, 2.45) is 5.92 Å². The summed E-state index contributed by atoms with van der Waals surface area (Å²) in [6.45, 7) is 6.24. The van der Waals surface area contributed by atoms with E-state index in [0.29, 0.717) is 23.0 Å². The zero-order valence-electron chi connectivity index (χ0n) is 30.8. The number of carbonyl (C=O) groups is 1. The van der Waals surface area contributed by atoms with Crippen LogP contribution in [0, 0.1) is 5.92 Å². The number of anilines is 2. The first kappa shape index (κ1) is 37.2. The van der Waals surface area contributed by atoms with Crippen LogP contribution in [0.2, 0.25) is 0 Å². The van der Waals surface area contributed by atoms with E-state index in [9.17, 15) is 19.8 Å². The number of rotatable bonds is 13. The lowest BCUT2D eigenvalue weighted by Gasteiger charge is -2.36. The molecule has 2 aliphatic rings. The molecule has 2 aliphatic heterocycles. The lowest BCUT2D eigenvalue weighted by Crippen LogP contribution is -2.40. The fourth-order valence-electron chi connectivity index (χ4n) is 7.85. The number of aliphatic hydroxyl groups is 1. The van der Waals surface area contributed by atoms with Gasteiger partial charge in [-0.15, -0.1) is 0 Å². The van der Waals surface area contributed by atoms with Crippen molar-refractivity contribution in [2.45, 2.75) is 50.7 Å². The van der Waals surface area contributed by atoms with Crippen LogP contribution >= 0.6 is 0 Å². The minimum absolute atomic E-state index is 0.0132. The number of phenols is 1. The number of nitrogens with one attached hydrogen (secondary N) is 3. The number of phenolic OH excluding ortho intramolecular Hbond substituents is 1. The number of likely N-dealkylation sites (tertiary alicyclic amines) is 1. The monoisotopic (exact) mass is 729 g/mol. The number of pyridine rings is 1. The summed E-state index contributed by atoms with van der Waals surface area (Å²) < 4.78 is 5.85. The predicted octanol–water partition coefficient (Wildman–Crippen LogP) is 7.09. The second-order valence-electron chi connectivity index (χ2n) is 14.6. The van der Waals surface area contributed by atoms with Crippen LogP contribution in [0.25, 0.3) is 22.0 Å². The lowest BCUT2D eigenvalue weighted by molar-refractivity contribution is 0.0569. The maximum absolute atomic E-state index is 12.8. The maximum atomic E-state index is 12.8. The molecule has 1 amide bonds. The summed E-state index contributed by atoms with van der Waals surface area (Å²) in [6, 6.07) is 33.0. The number of para-hydroxylation sites is 1. The van der Waals surface area contributed by atoms with Gasteiger partial charge in [0, 0.05) is 55.4 Å². The second-order valence-corrected chi connectivity index (χ2v) is 14.6. The molecular weight excluding hydrogens is 679 g/mol. The predicted molar refractivity (Wildman–Crippen MR) is 215 cm³/mol. The number of hydrogen-bond acceptors (Lipinski definition) is 8. The van der Waals surface area contributed by atoms with E-state index in [0.717, 1.165) is 81.3 Å². The number of piperidine rings is 2.